The fraction of sp³-hybridized carbons (Fsp3) is 1.00. The molecule has 82 valence electrons. The third kappa shape index (κ3) is 2.31. The minimum absolute atomic E-state index is 0.486. The molecular formula is C13H24O. The first-order chi connectivity index (χ1) is 6.52. The highest BCUT2D eigenvalue weighted by Gasteiger charge is 2.47. The van der Waals surface area contributed by atoms with Gasteiger partial charge in [-0.3, -0.25) is 0 Å². The Bertz CT molecular complexity index is 192. The van der Waals surface area contributed by atoms with Gasteiger partial charge in [-0.05, 0) is 48.9 Å². The molecule has 1 saturated heterocycles. The lowest BCUT2D eigenvalue weighted by Gasteiger charge is -2.42. The first-order valence-electron chi connectivity index (χ1n) is 6.10. The van der Waals surface area contributed by atoms with Crippen LogP contribution in [0.15, 0.2) is 0 Å². The van der Waals surface area contributed by atoms with Crippen LogP contribution in [0.2, 0.25) is 0 Å². The molecule has 0 atom stereocenters. The zero-order valence-electron chi connectivity index (χ0n) is 9.94. The van der Waals surface area contributed by atoms with E-state index in [0.29, 0.717) is 10.8 Å². The lowest BCUT2D eigenvalue weighted by atomic mass is 9.66. The van der Waals surface area contributed by atoms with E-state index in [-0.39, 0.29) is 0 Å². The van der Waals surface area contributed by atoms with E-state index in [0.717, 1.165) is 19.1 Å². The van der Waals surface area contributed by atoms with Gasteiger partial charge in [-0.1, -0.05) is 20.8 Å². The minimum atomic E-state index is 0.486. The van der Waals surface area contributed by atoms with E-state index in [1.807, 2.05) is 0 Å². The molecule has 2 fully saturated rings. The summed E-state index contributed by atoms with van der Waals surface area (Å²) in [5.41, 5.74) is 1.14. The van der Waals surface area contributed by atoms with Crippen LogP contribution in [0.1, 0.15) is 52.9 Å². The van der Waals surface area contributed by atoms with E-state index in [4.69, 9.17) is 4.74 Å². The first kappa shape index (κ1) is 10.5. The van der Waals surface area contributed by atoms with Crippen LogP contribution >= 0.6 is 0 Å². The molecule has 1 aliphatic carbocycles. The molecule has 0 aromatic rings. The molecule has 0 aromatic heterocycles. The summed E-state index contributed by atoms with van der Waals surface area (Å²) >= 11 is 0. The summed E-state index contributed by atoms with van der Waals surface area (Å²) in [7, 11) is 0. The smallest absolute Gasteiger partial charge is 0.0471 e. The molecule has 0 bridgehead atoms. The van der Waals surface area contributed by atoms with E-state index in [2.05, 4.69) is 20.8 Å². The summed E-state index contributed by atoms with van der Waals surface area (Å²) in [6.07, 6.45) is 6.99. The molecule has 0 aromatic carbocycles. The van der Waals surface area contributed by atoms with Gasteiger partial charge in [0.15, 0.2) is 0 Å². The molecule has 2 aliphatic rings. The second-order valence-corrected chi connectivity index (χ2v) is 6.49. The van der Waals surface area contributed by atoms with Crippen LogP contribution in [-0.2, 0) is 4.74 Å². The molecule has 14 heavy (non-hydrogen) atoms. The third-order valence-corrected chi connectivity index (χ3v) is 3.81. The van der Waals surface area contributed by atoms with Crippen molar-refractivity contribution in [2.75, 3.05) is 13.2 Å². The quantitative estimate of drug-likeness (QED) is 0.655. The maximum absolute atomic E-state index is 5.52. The SMILES string of the molecule is CC(C)(C)CC1(C2CC2)CCOCC1. The summed E-state index contributed by atoms with van der Waals surface area (Å²) in [5, 5.41) is 0. The van der Waals surface area contributed by atoms with E-state index >= 15 is 0 Å². The van der Waals surface area contributed by atoms with Gasteiger partial charge in [0.2, 0.25) is 0 Å². The topological polar surface area (TPSA) is 9.23 Å². The van der Waals surface area contributed by atoms with Crippen molar-refractivity contribution in [1.29, 1.82) is 0 Å². The normalized spacial score (nSPS) is 27.6. The van der Waals surface area contributed by atoms with Crippen LogP contribution in [0.4, 0.5) is 0 Å². The summed E-state index contributed by atoms with van der Waals surface area (Å²) < 4.78 is 5.52. The zero-order valence-corrected chi connectivity index (χ0v) is 9.94. The van der Waals surface area contributed by atoms with Crippen molar-refractivity contribution in [1.82, 2.24) is 0 Å². The third-order valence-electron chi connectivity index (χ3n) is 3.81. The second-order valence-electron chi connectivity index (χ2n) is 6.49. The van der Waals surface area contributed by atoms with Crippen molar-refractivity contribution in [3.8, 4) is 0 Å². The van der Waals surface area contributed by atoms with Gasteiger partial charge in [0.1, 0.15) is 0 Å². The molecule has 0 amide bonds. The lowest BCUT2D eigenvalue weighted by molar-refractivity contribution is -0.0190. The van der Waals surface area contributed by atoms with Crippen molar-refractivity contribution >= 4 is 0 Å². The van der Waals surface area contributed by atoms with Gasteiger partial charge in [-0.15, -0.1) is 0 Å². The molecule has 0 spiro atoms. The molecule has 0 N–H and O–H groups in total. The van der Waals surface area contributed by atoms with Crippen molar-refractivity contribution in [2.45, 2.75) is 52.9 Å². The monoisotopic (exact) mass is 196 g/mol. The highest BCUT2D eigenvalue weighted by atomic mass is 16.5. The zero-order chi connectivity index (χ0) is 10.2. The summed E-state index contributed by atoms with van der Waals surface area (Å²) in [5.74, 6) is 1.03. The van der Waals surface area contributed by atoms with Crippen LogP contribution in [0, 0.1) is 16.7 Å². The van der Waals surface area contributed by atoms with Crippen molar-refractivity contribution < 1.29 is 4.74 Å². The predicted molar refractivity (Wildman–Crippen MR) is 59.3 cm³/mol. The molecule has 1 heterocycles. The molecule has 0 unspecified atom stereocenters. The Morgan fingerprint density at radius 2 is 1.71 bits per heavy atom. The van der Waals surface area contributed by atoms with E-state index in [1.54, 1.807) is 0 Å². The Morgan fingerprint density at radius 1 is 1.14 bits per heavy atom. The predicted octanol–water partition coefficient (Wildman–Crippen LogP) is 3.63. The average Bonchev–Trinajstić information content (AvgIpc) is 2.84. The van der Waals surface area contributed by atoms with Gasteiger partial charge in [-0.2, -0.15) is 0 Å². The first-order valence-corrected chi connectivity index (χ1v) is 6.10. The molecule has 0 radical (unpaired) electrons. The maximum atomic E-state index is 5.52. The molecule has 1 nitrogen and oxygen atoms in total. The van der Waals surface area contributed by atoms with Crippen molar-refractivity contribution in [2.24, 2.45) is 16.7 Å². The Morgan fingerprint density at radius 3 is 2.14 bits per heavy atom. The maximum Gasteiger partial charge on any atom is 0.0471 e. The Balaban J connectivity index is 2.05. The summed E-state index contributed by atoms with van der Waals surface area (Å²) in [4.78, 5) is 0. The fourth-order valence-electron chi connectivity index (χ4n) is 3.26. The number of rotatable bonds is 2. The molecule has 2 rings (SSSR count). The fourth-order valence-corrected chi connectivity index (χ4v) is 3.26. The second kappa shape index (κ2) is 3.52. The van der Waals surface area contributed by atoms with Gasteiger partial charge < -0.3 is 4.74 Å². The van der Waals surface area contributed by atoms with Crippen LogP contribution in [0.3, 0.4) is 0 Å². The number of hydrogen-bond acceptors (Lipinski definition) is 1. The Labute approximate surface area is 88.2 Å². The number of hydrogen-bond donors (Lipinski definition) is 0. The van der Waals surface area contributed by atoms with Crippen LogP contribution in [0.25, 0.3) is 0 Å². The van der Waals surface area contributed by atoms with Crippen molar-refractivity contribution in [3.05, 3.63) is 0 Å². The van der Waals surface area contributed by atoms with Crippen LogP contribution in [0.5, 0.6) is 0 Å². The standard InChI is InChI=1S/C13H24O/c1-12(2,3)10-13(11-4-5-11)6-8-14-9-7-13/h11H,4-10H2,1-3H3. The minimum Gasteiger partial charge on any atom is -0.381 e. The molecule has 1 heteroatoms. The molecule has 1 saturated carbocycles. The highest BCUT2D eigenvalue weighted by Crippen LogP contribution is 2.56. The Hall–Kier alpha value is -0.0400. The molecular weight excluding hydrogens is 172 g/mol. The summed E-state index contributed by atoms with van der Waals surface area (Å²) in [6.45, 7) is 9.16. The van der Waals surface area contributed by atoms with E-state index in [9.17, 15) is 0 Å². The van der Waals surface area contributed by atoms with Crippen molar-refractivity contribution in [3.63, 3.8) is 0 Å². The molecule has 1 aliphatic heterocycles. The van der Waals surface area contributed by atoms with Crippen LogP contribution < -0.4 is 0 Å². The average molecular weight is 196 g/mol. The van der Waals surface area contributed by atoms with Gasteiger partial charge >= 0.3 is 0 Å². The van der Waals surface area contributed by atoms with E-state index < -0.39 is 0 Å². The van der Waals surface area contributed by atoms with Crippen LogP contribution in [-0.4, -0.2) is 13.2 Å². The van der Waals surface area contributed by atoms with Gasteiger partial charge in [0.05, 0.1) is 0 Å². The van der Waals surface area contributed by atoms with E-state index in [1.165, 1.54) is 32.1 Å². The number of ether oxygens (including phenoxy) is 1. The van der Waals surface area contributed by atoms with Gasteiger partial charge in [-0.25, -0.2) is 0 Å². The summed E-state index contributed by atoms with van der Waals surface area (Å²) in [6, 6.07) is 0. The highest BCUT2D eigenvalue weighted by molar-refractivity contribution is 4.97. The van der Waals surface area contributed by atoms with Gasteiger partial charge in [0.25, 0.3) is 0 Å². The lowest BCUT2D eigenvalue weighted by Crippen LogP contribution is -2.35. The largest absolute Gasteiger partial charge is 0.381 e. The van der Waals surface area contributed by atoms with Gasteiger partial charge in [0, 0.05) is 13.2 Å². The Kier molecular flexibility index (Phi) is 2.63.